The third kappa shape index (κ3) is 1.57. The molecular formula is C9H18N2. The second-order valence-corrected chi connectivity index (χ2v) is 3.96. The molecule has 2 fully saturated rings. The molecule has 1 aliphatic heterocycles. The lowest BCUT2D eigenvalue weighted by molar-refractivity contribution is 0.0983. The third-order valence-corrected chi connectivity index (χ3v) is 3.17. The van der Waals surface area contributed by atoms with Crippen LogP contribution in [0, 0.1) is 0 Å². The van der Waals surface area contributed by atoms with E-state index in [2.05, 4.69) is 4.90 Å². The Morgan fingerprint density at radius 1 is 1.00 bits per heavy atom. The second kappa shape index (κ2) is 3.11. The minimum absolute atomic E-state index is 0.492. The molecule has 1 saturated carbocycles. The highest BCUT2D eigenvalue weighted by Gasteiger charge is 2.27. The van der Waals surface area contributed by atoms with Crippen molar-refractivity contribution < 1.29 is 0 Å². The van der Waals surface area contributed by atoms with E-state index in [4.69, 9.17) is 5.73 Å². The van der Waals surface area contributed by atoms with E-state index in [1.165, 1.54) is 45.2 Å². The van der Waals surface area contributed by atoms with E-state index in [-0.39, 0.29) is 0 Å². The van der Waals surface area contributed by atoms with E-state index in [1.807, 2.05) is 0 Å². The van der Waals surface area contributed by atoms with Crippen LogP contribution in [-0.2, 0) is 0 Å². The van der Waals surface area contributed by atoms with Gasteiger partial charge in [0.2, 0.25) is 0 Å². The molecule has 64 valence electrons. The molecule has 0 unspecified atom stereocenters. The Kier molecular flexibility index (Phi) is 2.14. The molecule has 2 nitrogen and oxygen atoms in total. The summed E-state index contributed by atoms with van der Waals surface area (Å²) in [5, 5.41) is 0. The highest BCUT2D eigenvalue weighted by molar-refractivity contribution is 4.84. The molecule has 0 aromatic rings. The molecule has 0 bridgehead atoms. The Balaban J connectivity index is 1.77. The van der Waals surface area contributed by atoms with Gasteiger partial charge in [0.15, 0.2) is 0 Å². The molecule has 0 aromatic carbocycles. The number of nitrogens with two attached hydrogens (primary N) is 1. The Hall–Kier alpha value is -0.0800. The lowest BCUT2D eigenvalue weighted by atomic mass is 9.89. The zero-order valence-electron chi connectivity index (χ0n) is 7.13. The van der Waals surface area contributed by atoms with Gasteiger partial charge in [0.25, 0.3) is 0 Å². The largest absolute Gasteiger partial charge is 0.328 e. The van der Waals surface area contributed by atoms with E-state index in [1.54, 1.807) is 0 Å². The topological polar surface area (TPSA) is 29.3 Å². The molecule has 1 saturated heterocycles. The summed E-state index contributed by atoms with van der Waals surface area (Å²) >= 11 is 0. The van der Waals surface area contributed by atoms with E-state index in [0.29, 0.717) is 6.04 Å². The zero-order chi connectivity index (χ0) is 7.68. The minimum atomic E-state index is 0.492. The molecule has 0 amide bonds. The molecule has 0 spiro atoms. The van der Waals surface area contributed by atoms with Crippen LogP contribution in [0.25, 0.3) is 0 Å². The van der Waals surface area contributed by atoms with Crippen LogP contribution in [-0.4, -0.2) is 30.1 Å². The lowest BCUT2D eigenvalue weighted by Gasteiger charge is -2.41. The van der Waals surface area contributed by atoms with Gasteiger partial charge in [-0.3, -0.25) is 0 Å². The van der Waals surface area contributed by atoms with Crippen LogP contribution in [0.3, 0.4) is 0 Å². The molecular weight excluding hydrogens is 136 g/mol. The van der Waals surface area contributed by atoms with Crippen molar-refractivity contribution in [2.45, 2.75) is 44.2 Å². The molecule has 2 N–H and O–H groups in total. The quantitative estimate of drug-likeness (QED) is 0.609. The molecule has 0 aromatic heterocycles. The fraction of sp³-hybridized carbons (Fsp3) is 1.00. The molecule has 1 aliphatic carbocycles. The summed E-state index contributed by atoms with van der Waals surface area (Å²) in [5.41, 5.74) is 5.83. The molecule has 0 radical (unpaired) electrons. The van der Waals surface area contributed by atoms with Gasteiger partial charge in [0.05, 0.1) is 0 Å². The van der Waals surface area contributed by atoms with Crippen molar-refractivity contribution in [2.24, 2.45) is 5.73 Å². The van der Waals surface area contributed by atoms with Crippen LogP contribution in [0.1, 0.15) is 32.1 Å². The summed E-state index contributed by atoms with van der Waals surface area (Å²) in [5.74, 6) is 0. The highest BCUT2D eigenvalue weighted by Crippen LogP contribution is 2.26. The standard InChI is InChI=1S/C9H18N2/c10-8-4-6-11(7-5-8)9-2-1-3-9/h8-9H,1-7,10H2. The summed E-state index contributed by atoms with van der Waals surface area (Å²) in [6.07, 6.45) is 6.77. The lowest BCUT2D eigenvalue weighted by Crippen LogP contribution is -2.47. The summed E-state index contributed by atoms with van der Waals surface area (Å²) in [6, 6.07) is 1.42. The Labute approximate surface area is 68.7 Å². The Bertz CT molecular complexity index is 124. The maximum absolute atomic E-state index is 5.83. The maximum atomic E-state index is 5.83. The number of likely N-dealkylation sites (tertiary alicyclic amines) is 1. The first kappa shape index (κ1) is 7.56. The van der Waals surface area contributed by atoms with Gasteiger partial charge in [-0.05, 0) is 38.8 Å². The highest BCUT2D eigenvalue weighted by atomic mass is 15.2. The first-order valence-electron chi connectivity index (χ1n) is 4.86. The third-order valence-electron chi connectivity index (χ3n) is 3.17. The first-order valence-corrected chi connectivity index (χ1v) is 4.86. The van der Waals surface area contributed by atoms with Crippen molar-refractivity contribution >= 4 is 0 Å². The van der Waals surface area contributed by atoms with Gasteiger partial charge in [-0.2, -0.15) is 0 Å². The fourth-order valence-corrected chi connectivity index (χ4v) is 2.04. The monoisotopic (exact) mass is 154 g/mol. The number of nitrogens with zero attached hydrogens (tertiary/aromatic N) is 1. The van der Waals surface area contributed by atoms with Crippen LogP contribution in [0.15, 0.2) is 0 Å². The average Bonchev–Trinajstić information content (AvgIpc) is 1.90. The average molecular weight is 154 g/mol. The molecule has 0 atom stereocenters. The second-order valence-electron chi connectivity index (χ2n) is 3.96. The normalized spacial score (nSPS) is 30.3. The fourth-order valence-electron chi connectivity index (χ4n) is 2.04. The van der Waals surface area contributed by atoms with Crippen molar-refractivity contribution in [3.63, 3.8) is 0 Å². The maximum Gasteiger partial charge on any atom is 0.00952 e. The van der Waals surface area contributed by atoms with Crippen LogP contribution in [0.2, 0.25) is 0 Å². The molecule has 2 aliphatic rings. The van der Waals surface area contributed by atoms with Gasteiger partial charge in [0, 0.05) is 12.1 Å². The first-order chi connectivity index (χ1) is 5.36. The summed E-state index contributed by atoms with van der Waals surface area (Å²) in [6.45, 7) is 2.51. The molecule has 1 heterocycles. The van der Waals surface area contributed by atoms with Crippen LogP contribution in [0.5, 0.6) is 0 Å². The van der Waals surface area contributed by atoms with E-state index in [9.17, 15) is 0 Å². The van der Waals surface area contributed by atoms with E-state index in [0.717, 1.165) is 6.04 Å². The SMILES string of the molecule is NC1CCN(C2CCC2)CC1. The smallest absolute Gasteiger partial charge is 0.00952 e. The molecule has 2 rings (SSSR count). The van der Waals surface area contributed by atoms with Crippen LogP contribution < -0.4 is 5.73 Å². The van der Waals surface area contributed by atoms with Crippen molar-refractivity contribution in [1.29, 1.82) is 0 Å². The Morgan fingerprint density at radius 3 is 2.09 bits per heavy atom. The predicted octanol–water partition coefficient (Wildman–Crippen LogP) is 0.962. The number of hydrogen-bond donors (Lipinski definition) is 1. The van der Waals surface area contributed by atoms with Crippen molar-refractivity contribution in [3.8, 4) is 0 Å². The zero-order valence-corrected chi connectivity index (χ0v) is 7.13. The van der Waals surface area contributed by atoms with Gasteiger partial charge < -0.3 is 10.6 Å². The minimum Gasteiger partial charge on any atom is -0.328 e. The number of piperidine rings is 1. The van der Waals surface area contributed by atoms with E-state index < -0.39 is 0 Å². The van der Waals surface area contributed by atoms with Crippen molar-refractivity contribution in [1.82, 2.24) is 4.90 Å². The van der Waals surface area contributed by atoms with Crippen molar-refractivity contribution in [2.75, 3.05) is 13.1 Å². The summed E-state index contributed by atoms with van der Waals surface area (Å²) in [4.78, 5) is 2.63. The molecule has 2 heteroatoms. The van der Waals surface area contributed by atoms with Gasteiger partial charge in [0.1, 0.15) is 0 Å². The van der Waals surface area contributed by atoms with Crippen LogP contribution >= 0.6 is 0 Å². The van der Waals surface area contributed by atoms with E-state index >= 15 is 0 Å². The molecule has 11 heavy (non-hydrogen) atoms. The van der Waals surface area contributed by atoms with Gasteiger partial charge in [-0.1, -0.05) is 6.42 Å². The number of rotatable bonds is 1. The van der Waals surface area contributed by atoms with Crippen molar-refractivity contribution in [3.05, 3.63) is 0 Å². The predicted molar refractivity (Wildman–Crippen MR) is 46.4 cm³/mol. The summed E-state index contributed by atoms with van der Waals surface area (Å²) < 4.78 is 0. The van der Waals surface area contributed by atoms with Gasteiger partial charge >= 0.3 is 0 Å². The number of hydrogen-bond acceptors (Lipinski definition) is 2. The summed E-state index contributed by atoms with van der Waals surface area (Å²) in [7, 11) is 0. The van der Waals surface area contributed by atoms with Gasteiger partial charge in [-0.25, -0.2) is 0 Å². The van der Waals surface area contributed by atoms with Crippen LogP contribution in [0.4, 0.5) is 0 Å². The Morgan fingerprint density at radius 2 is 1.64 bits per heavy atom. The van der Waals surface area contributed by atoms with Gasteiger partial charge in [-0.15, -0.1) is 0 Å².